The molecule has 1 fully saturated rings. The van der Waals surface area contributed by atoms with Gasteiger partial charge in [0.15, 0.2) is 0 Å². The van der Waals surface area contributed by atoms with E-state index < -0.39 is 5.91 Å². The molecule has 0 spiro atoms. The lowest BCUT2D eigenvalue weighted by Crippen LogP contribution is -2.38. The van der Waals surface area contributed by atoms with Crippen LogP contribution in [0.15, 0.2) is 55.0 Å². The Morgan fingerprint density at radius 2 is 2.03 bits per heavy atom. The third-order valence-corrected chi connectivity index (χ3v) is 6.47. The zero-order chi connectivity index (χ0) is 26.8. The average Bonchev–Trinajstić information content (AvgIpc) is 3.58. The number of nitrogens with zero attached hydrogens (tertiary/aromatic N) is 6. The van der Waals surface area contributed by atoms with Crippen LogP contribution >= 0.6 is 0 Å². The Hall–Kier alpha value is -4.95. The Morgan fingerprint density at radius 1 is 1.18 bits per heavy atom. The van der Waals surface area contributed by atoms with Crippen LogP contribution in [0.2, 0.25) is 0 Å². The molecule has 0 unspecified atom stereocenters. The van der Waals surface area contributed by atoms with Crippen LogP contribution in [0.5, 0.6) is 5.75 Å². The summed E-state index contributed by atoms with van der Waals surface area (Å²) in [6.45, 7) is 2.24. The van der Waals surface area contributed by atoms with Gasteiger partial charge < -0.3 is 15.4 Å². The van der Waals surface area contributed by atoms with Crippen molar-refractivity contribution in [3.8, 4) is 28.8 Å². The van der Waals surface area contributed by atoms with Crippen LogP contribution in [0.3, 0.4) is 0 Å². The summed E-state index contributed by atoms with van der Waals surface area (Å²) in [6.07, 6.45) is 6.51. The van der Waals surface area contributed by atoms with Crippen molar-refractivity contribution in [3.05, 3.63) is 66.4 Å². The van der Waals surface area contributed by atoms with Gasteiger partial charge in [-0.05, 0) is 50.0 Å². The number of benzene rings is 1. The van der Waals surface area contributed by atoms with Crippen LogP contribution in [0.1, 0.15) is 42.0 Å². The second-order valence-corrected chi connectivity index (χ2v) is 8.66. The van der Waals surface area contributed by atoms with Crippen molar-refractivity contribution in [2.45, 2.75) is 25.8 Å². The predicted molar refractivity (Wildman–Crippen MR) is 142 cm³/mol. The molecule has 192 valence electrons. The first-order valence-electron chi connectivity index (χ1n) is 12.0. The van der Waals surface area contributed by atoms with Crippen LogP contribution in [-0.4, -0.2) is 49.7 Å². The minimum atomic E-state index is -0.485. The number of anilines is 2. The Morgan fingerprint density at radius 3 is 2.76 bits per heavy atom. The van der Waals surface area contributed by atoms with Gasteiger partial charge in [-0.2, -0.15) is 0 Å². The maximum Gasteiger partial charge on any atom is 0.299 e. The summed E-state index contributed by atoms with van der Waals surface area (Å²) in [6, 6.07) is 9.93. The highest BCUT2D eigenvalue weighted by Crippen LogP contribution is 2.37. The van der Waals surface area contributed by atoms with E-state index in [-0.39, 0.29) is 23.3 Å². The topological polar surface area (TPSA) is 145 Å². The van der Waals surface area contributed by atoms with Crippen molar-refractivity contribution < 1.29 is 14.3 Å². The predicted octanol–water partition coefficient (Wildman–Crippen LogP) is 2.59. The number of amides is 2. The van der Waals surface area contributed by atoms with E-state index in [1.54, 1.807) is 66.8 Å². The summed E-state index contributed by atoms with van der Waals surface area (Å²) in [7, 11) is 1.47. The molecule has 1 aliphatic heterocycles. The number of methoxy groups -OCH3 is 1. The van der Waals surface area contributed by atoms with Crippen LogP contribution in [0, 0.1) is 11.8 Å². The molecule has 11 heteroatoms. The van der Waals surface area contributed by atoms with Gasteiger partial charge in [-0.15, -0.1) is 0 Å². The van der Waals surface area contributed by atoms with E-state index in [1.165, 1.54) is 7.11 Å². The van der Waals surface area contributed by atoms with E-state index in [9.17, 15) is 9.59 Å². The minimum Gasteiger partial charge on any atom is -0.496 e. The molecule has 5 rings (SSSR count). The summed E-state index contributed by atoms with van der Waals surface area (Å²) < 4.78 is 7.43. The molecular formula is C27H26N8O3. The molecule has 11 nitrogen and oxygen atoms in total. The van der Waals surface area contributed by atoms with Gasteiger partial charge in [0.25, 0.3) is 11.8 Å². The number of nitrogens with two attached hydrogens (primary N) is 2. The second kappa shape index (κ2) is 10.2. The minimum absolute atomic E-state index is 0.237. The number of carbonyl (C=O) groups excluding carboxylic acids is 2. The maximum atomic E-state index is 13.2. The number of rotatable bonds is 5. The SMILES string of the molecule is CC#CC(=O)N1CCC[C@H]1c1nc(-c2ccc(C(=O)N(N)c3ccccn3)c(OC)c2)c2c(N)nccn12. The van der Waals surface area contributed by atoms with Gasteiger partial charge in [0.2, 0.25) is 0 Å². The van der Waals surface area contributed by atoms with Crippen molar-refractivity contribution in [3.63, 3.8) is 0 Å². The standard InChI is InChI=1S/C27H26N8O3/c1-3-7-22(36)33-14-6-8-19(33)26-32-23(24-25(28)31-13-15-34(24)26)17-10-11-18(20(16-17)38-2)27(37)35(29)21-9-4-5-12-30-21/h4-5,9-13,15-16,19H,6,8,14,29H2,1-2H3,(H2,28,31)/t19-/m0/s1. The Bertz CT molecular complexity index is 1590. The molecule has 0 radical (unpaired) electrons. The normalized spacial score (nSPS) is 14.7. The molecule has 2 amide bonds. The molecule has 1 atom stereocenters. The summed E-state index contributed by atoms with van der Waals surface area (Å²) >= 11 is 0. The lowest BCUT2D eigenvalue weighted by Gasteiger charge is -2.21. The fraction of sp³-hybridized carbons (Fsp3) is 0.222. The number of nitrogen functional groups attached to an aromatic ring is 1. The number of likely N-dealkylation sites (tertiary alicyclic amines) is 1. The van der Waals surface area contributed by atoms with E-state index in [0.29, 0.717) is 40.7 Å². The number of carbonyl (C=O) groups is 2. The molecule has 38 heavy (non-hydrogen) atoms. The second-order valence-electron chi connectivity index (χ2n) is 8.66. The van der Waals surface area contributed by atoms with E-state index >= 15 is 0 Å². The van der Waals surface area contributed by atoms with Crippen molar-refractivity contribution in [1.29, 1.82) is 0 Å². The molecule has 0 saturated carbocycles. The first kappa shape index (κ1) is 24.7. The van der Waals surface area contributed by atoms with E-state index in [4.69, 9.17) is 21.3 Å². The van der Waals surface area contributed by atoms with Crippen LogP contribution in [-0.2, 0) is 4.79 Å². The van der Waals surface area contributed by atoms with Crippen molar-refractivity contribution in [2.24, 2.45) is 5.84 Å². The van der Waals surface area contributed by atoms with Gasteiger partial charge in [0.1, 0.15) is 34.4 Å². The fourth-order valence-electron chi connectivity index (χ4n) is 4.73. The molecule has 0 aliphatic carbocycles. The highest BCUT2D eigenvalue weighted by atomic mass is 16.5. The molecule has 0 bridgehead atoms. The molecule has 1 aromatic carbocycles. The maximum absolute atomic E-state index is 13.2. The number of hydrazine groups is 1. The third-order valence-electron chi connectivity index (χ3n) is 6.47. The van der Waals surface area contributed by atoms with Gasteiger partial charge in [0, 0.05) is 30.7 Å². The van der Waals surface area contributed by atoms with Crippen LogP contribution in [0.4, 0.5) is 11.6 Å². The third kappa shape index (κ3) is 4.27. The first-order chi connectivity index (χ1) is 18.4. The van der Waals surface area contributed by atoms with Crippen molar-refractivity contribution in [1.82, 2.24) is 24.3 Å². The molecule has 4 aromatic rings. The van der Waals surface area contributed by atoms with Crippen molar-refractivity contribution in [2.75, 3.05) is 24.4 Å². The number of aromatic nitrogens is 4. The lowest BCUT2D eigenvalue weighted by atomic mass is 10.1. The number of ether oxygens (including phenoxy) is 1. The quantitative estimate of drug-likeness (QED) is 0.180. The molecular weight excluding hydrogens is 484 g/mol. The highest BCUT2D eigenvalue weighted by Gasteiger charge is 2.34. The summed E-state index contributed by atoms with van der Waals surface area (Å²) in [4.78, 5) is 40.9. The van der Waals surface area contributed by atoms with E-state index in [0.717, 1.165) is 17.9 Å². The van der Waals surface area contributed by atoms with Gasteiger partial charge in [-0.3, -0.25) is 14.0 Å². The van der Waals surface area contributed by atoms with E-state index in [1.807, 2.05) is 4.40 Å². The zero-order valence-electron chi connectivity index (χ0n) is 21.0. The smallest absolute Gasteiger partial charge is 0.299 e. The molecule has 4 heterocycles. The highest BCUT2D eigenvalue weighted by molar-refractivity contribution is 6.07. The molecule has 1 aliphatic rings. The Kier molecular flexibility index (Phi) is 6.64. The Labute approximate surface area is 219 Å². The van der Waals surface area contributed by atoms with E-state index in [2.05, 4.69) is 21.8 Å². The average molecular weight is 511 g/mol. The van der Waals surface area contributed by atoms with Gasteiger partial charge in [-0.1, -0.05) is 18.1 Å². The number of hydrogen-bond acceptors (Lipinski definition) is 8. The van der Waals surface area contributed by atoms with Crippen LogP contribution in [0.25, 0.3) is 16.8 Å². The zero-order valence-corrected chi connectivity index (χ0v) is 21.0. The van der Waals surface area contributed by atoms with Gasteiger partial charge in [-0.25, -0.2) is 25.8 Å². The monoisotopic (exact) mass is 510 g/mol. The molecule has 4 N–H and O–H groups in total. The summed E-state index contributed by atoms with van der Waals surface area (Å²) in [5.41, 5.74) is 8.37. The number of hydrogen-bond donors (Lipinski definition) is 2. The number of pyridine rings is 1. The summed E-state index contributed by atoms with van der Waals surface area (Å²) in [5.74, 6) is 12.2. The molecule has 1 saturated heterocycles. The van der Waals surface area contributed by atoms with Crippen LogP contribution < -0.4 is 21.3 Å². The summed E-state index contributed by atoms with van der Waals surface area (Å²) in [5, 5.41) is 0.967. The Balaban J connectivity index is 1.58. The van der Waals surface area contributed by atoms with Gasteiger partial charge in [0.05, 0.1) is 18.7 Å². The van der Waals surface area contributed by atoms with Gasteiger partial charge >= 0.3 is 0 Å². The number of imidazole rings is 1. The molecule has 3 aromatic heterocycles. The van der Waals surface area contributed by atoms with Crippen molar-refractivity contribution >= 4 is 29.0 Å². The first-order valence-corrected chi connectivity index (χ1v) is 12.0. The largest absolute Gasteiger partial charge is 0.496 e. The lowest BCUT2D eigenvalue weighted by molar-refractivity contribution is -0.126. The number of fused-ring (bicyclic) bond motifs is 1. The fourth-order valence-corrected chi connectivity index (χ4v) is 4.73.